The van der Waals surface area contributed by atoms with Crippen molar-refractivity contribution in [3.63, 3.8) is 0 Å². The zero-order valence-corrected chi connectivity index (χ0v) is 15.8. The number of carbonyl (C=O) groups is 1. The van der Waals surface area contributed by atoms with E-state index in [4.69, 9.17) is 4.74 Å². The lowest BCUT2D eigenvalue weighted by Gasteiger charge is -2.29. The van der Waals surface area contributed by atoms with Crippen LogP contribution >= 0.6 is 0 Å². The number of aliphatic hydroxyl groups excluding tert-OH is 1. The number of nitrogens with zero attached hydrogens (tertiary/aromatic N) is 1. The topological polar surface area (TPSA) is 83.0 Å². The van der Waals surface area contributed by atoms with Crippen molar-refractivity contribution in [3.05, 3.63) is 35.4 Å². The smallest absolute Gasteiger partial charge is 0.308 e. The Balaban J connectivity index is 1.91. The number of aliphatic hydroxyl groups is 1. The minimum atomic E-state index is -0.0628. The maximum absolute atomic E-state index is 11.9. The lowest BCUT2D eigenvalue weighted by atomic mass is 9.86. The molecule has 1 saturated carbocycles. The molecule has 1 aromatic carbocycles. The van der Waals surface area contributed by atoms with Crippen LogP contribution in [-0.4, -0.2) is 36.2 Å². The van der Waals surface area contributed by atoms with Crippen LogP contribution in [-0.2, 0) is 22.7 Å². The summed E-state index contributed by atoms with van der Waals surface area (Å²) in [5.74, 6) is 0.746. The predicted octanol–water partition coefficient (Wildman–Crippen LogP) is 2.36. The maximum Gasteiger partial charge on any atom is 0.308 e. The van der Waals surface area contributed by atoms with Gasteiger partial charge in [-0.3, -0.25) is 4.79 Å². The van der Waals surface area contributed by atoms with Gasteiger partial charge in [0, 0.05) is 12.6 Å². The number of hydrogen-bond acceptors (Lipinski definition) is 4. The highest BCUT2D eigenvalue weighted by Crippen LogP contribution is 2.25. The molecule has 1 aromatic rings. The molecule has 0 atom stereocenters. The Morgan fingerprint density at radius 3 is 2.50 bits per heavy atom. The zero-order chi connectivity index (χ0) is 18.8. The second kappa shape index (κ2) is 10.8. The lowest BCUT2D eigenvalue weighted by Crippen LogP contribution is -2.45. The number of aliphatic imine (C=N–C) groups is 1. The summed E-state index contributed by atoms with van der Waals surface area (Å²) in [6, 6.07) is 8.10. The minimum absolute atomic E-state index is 0.0214. The van der Waals surface area contributed by atoms with E-state index in [1.807, 2.05) is 38.1 Å². The summed E-state index contributed by atoms with van der Waals surface area (Å²) >= 11 is 0. The molecule has 0 radical (unpaired) electrons. The molecule has 1 aliphatic carbocycles. The fourth-order valence-corrected chi connectivity index (χ4v) is 3.28. The van der Waals surface area contributed by atoms with E-state index < -0.39 is 0 Å². The van der Waals surface area contributed by atoms with Crippen LogP contribution in [0.4, 0.5) is 0 Å². The third kappa shape index (κ3) is 6.02. The molecule has 1 fully saturated rings. The Kier molecular flexibility index (Phi) is 8.41. The molecule has 0 unspecified atom stereocenters. The van der Waals surface area contributed by atoms with E-state index in [0.717, 1.165) is 49.3 Å². The molecule has 6 heteroatoms. The fraction of sp³-hybridized carbons (Fsp3) is 0.600. The van der Waals surface area contributed by atoms with Crippen LogP contribution in [0.25, 0.3) is 0 Å². The second-order valence-corrected chi connectivity index (χ2v) is 6.57. The van der Waals surface area contributed by atoms with Crippen LogP contribution in [0.15, 0.2) is 29.3 Å². The van der Waals surface area contributed by atoms with Gasteiger partial charge in [-0.15, -0.1) is 0 Å². The predicted molar refractivity (Wildman–Crippen MR) is 103 cm³/mol. The summed E-state index contributed by atoms with van der Waals surface area (Å²) in [6.45, 7) is 5.66. The van der Waals surface area contributed by atoms with Gasteiger partial charge in [0.2, 0.25) is 0 Å². The van der Waals surface area contributed by atoms with Crippen LogP contribution in [0.5, 0.6) is 0 Å². The first kappa shape index (κ1) is 20.2. The monoisotopic (exact) mass is 361 g/mol. The SMILES string of the molecule is CCNC(=NCc1ccccc1CO)NC1CCC(C(=O)OCC)CC1. The molecule has 0 saturated heterocycles. The Bertz CT molecular complexity index is 596. The molecule has 144 valence electrons. The summed E-state index contributed by atoms with van der Waals surface area (Å²) in [4.78, 5) is 16.5. The first-order valence-electron chi connectivity index (χ1n) is 9.57. The van der Waals surface area contributed by atoms with Gasteiger partial charge in [-0.1, -0.05) is 24.3 Å². The van der Waals surface area contributed by atoms with E-state index in [2.05, 4.69) is 15.6 Å². The standard InChI is InChI=1S/C20H31N3O3/c1-3-21-20(22-13-16-7-5-6-8-17(16)14-24)23-18-11-9-15(10-12-18)19(25)26-4-2/h5-8,15,18,24H,3-4,9-14H2,1-2H3,(H2,21,22,23). The van der Waals surface area contributed by atoms with Crippen molar-refractivity contribution >= 4 is 11.9 Å². The summed E-state index contributed by atoms with van der Waals surface area (Å²) in [6.07, 6.45) is 3.56. The van der Waals surface area contributed by atoms with Crippen molar-refractivity contribution < 1.29 is 14.6 Å². The number of ether oxygens (including phenoxy) is 1. The molecule has 0 aromatic heterocycles. The van der Waals surface area contributed by atoms with Gasteiger partial charge < -0.3 is 20.5 Å². The molecule has 2 rings (SSSR count). The van der Waals surface area contributed by atoms with E-state index in [1.54, 1.807) is 0 Å². The number of esters is 1. The van der Waals surface area contributed by atoms with Gasteiger partial charge in [0.25, 0.3) is 0 Å². The molecule has 0 amide bonds. The van der Waals surface area contributed by atoms with E-state index in [1.165, 1.54) is 0 Å². The van der Waals surface area contributed by atoms with Crippen LogP contribution in [0.2, 0.25) is 0 Å². The highest BCUT2D eigenvalue weighted by atomic mass is 16.5. The van der Waals surface area contributed by atoms with Gasteiger partial charge in [-0.2, -0.15) is 0 Å². The van der Waals surface area contributed by atoms with Gasteiger partial charge >= 0.3 is 5.97 Å². The van der Waals surface area contributed by atoms with Crippen molar-refractivity contribution in [3.8, 4) is 0 Å². The molecular formula is C20H31N3O3. The highest BCUT2D eigenvalue weighted by molar-refractivity contribution is 5.80. The zero-order valence-electron chi connectivity index (χ0n) is 15.8. The second-order valence-electron chi connectivity index (χ2n) is 6.57. The van der Waals surface area contributed by atoms with Crippen molar-refractivity contribution in [2.45, 2.75) is 58.7 Å². The average molecular weight is 361 g/mol. The molecule has 0 spiro atoms. The van der Waals surface area contributed by atoms with Gasteiger partial charge in [-0.05, 0) is 50.7 Å². The van der Waals surface area contributed by atoms with Crippen molar-refractivity contribution in [1.29, 1.82) is 0 Å². The maximum atomic E-state index is 11.9. The van der Waals surface area contributed by atoms with Crippen molar-refractivity contribution in [2.24, 2.45) is 10.9 Å². The molecule has 0 aliphatic heterocycles. The first-order chi connectivity index (χ1) is 12.7. The van der Waals surface area contributed by atoms with Crippen molar-refractivity contribution in [1.82, 2.24) is 10.6 Å². The van der Waals surface area contributed by atoms with Gasteiger partial charge in [0.15, 0.2) is 5.96 Å². The molecule has 1 aliphatic rings. The van der Waals surface area contributed by atoms with Crippen LogP contribution in [0.3, 0.4) is 0 Å². The summed E-state index contributed by atoms with van der Waals surface area (Å²) in [5.41, 5.74) is 1.93. The summed E-state index contributed by atoms with van der Waals surface area (Å²) in [7, 11) is 0. The molecule has 3 N–H and O–H groups in total. The van der Waals surface area contributed by atoms with E-state index in [9.17, 15) is 9.90 Å². The third-order valence-corrected chi connectivity index (χ3v) is 4.73. The van der Waals surface area contributed by atoms with E-state index in [0.29, 0.717) is 19.2 Å². The largest absolute Gasteiger partial charge is 0.466 e. The van der Waals surface area contributed by atoms with Crippen LogP contribution in [0.1, 0.15) is 50.7 Å². The summed E-state index contributed by atoms with van der Waals surface area (Å²) in [5, 5.41) is 16.2. The average Bonchev–Trinajstić information content (AvgIpc) is 2.67. The Labute approximate surface area is 156 Å². The Hall–Kier alpha value is -2.08. The highest BCUT2D eigenvalue weighted by Gasteiger charge is 2.27. The fourth-order valence-electron chi connectivity index (χ4n) is 3.28. The summed E-state index contributed by atoms with van der Waals surface area (Å²) < 4.78 is 5.13. The van der Waals surface area contributed by atoms with Crippen molar-refractivity contribution in [2.75, 3.05) is 13.2 Å². The molecule has 6 nitrogen and oxygen atoms in total. The molecule has 0 bridgehead atoms. The number of rotatable bonds is 7. The third-order valence-electron chi connectivity index (χ3n) is 4.73. The van der Waals surface area contributed by atoms with Gasteiger partial charge in [-0.25, -0.2) is 4.99 Å². The number of guanidine groups is 1. The van der Waals surface area contributed by atoms with Crippen LogP contribution < -0.4 is 10.6 Å². The van der Waals surface area contributed by atoms with Gasteiger partial charge in [0.1, 0.15) is 0 Å². The normalized spacial score (nSPS) is 20.5. The molecule has 0 heterocycles. The Morgan fingerprint density at radius 2 is 1.88 bits per heavy atom. The molecular weight excluding hydrogens is 330 g/mol. The molecule has 26 heavy (non-hydrogen) atoms. The number of nitrogens with one attached hydrogen (secondary N) is 2. The number of hydrogen-bond donors (Lipinski definition) is 3. The number of carbonyl (C=O) groups excluding carboxylic acids is 1. The van der Waals surface area contributed by atoms with Crippen LogP contribution in [0, 0.1) is 5.92 Å². The van der Waals surface area contributed by atoms with Gasteiger partial charge in [0.05, 0.1) is 25.7 Å². The number of benzene rings is 1. The first-order valence-corrected chi connectivity index (χ1v) is 9.57. The lowest BCUT2D eigenvalue weighted by molar-refractivity contribution is -0.149. The van der Waals surface area contributed by atoms with E-state index >= 15 is 0 Å². The minimum Gasteiger partial charge on any atom is -0.466 e. The quantitative estimate of drug-likeness (QED) is 0.394. The van der Waals surface area contributed by atoms with E-state index in [-0.39, 0.29) is 18.5 Å². The Morgan fingerprint density at radius 1 is 1.19 bits per heavy atom.